The normalized spacial score (nSPS) is 10.3. The second-order valence-electron chi connectivity index (χ2n) is 4.71. The number of amides is 1. The largest absolute Gasteiger partial charge is 0.494 e. The molecule has 0 aliphatic heterocycles. The van der Waals surface area contributed by atoms with E-state index < -0.39 is 5.82 Å². The van der Waals surface area contributed by atoms with Crippen LogP contribution < -0.4 is 10.1 Å². The Labute approximate surface area is 136 Å². The Hall–Kier alpha value is -2.73. The average Bonchev–Trinajstić information content (AvgIpc) is 3.04. The minimum Gasteiger partial charge on any atom is -0.494 e. The van der Waals surface area contributed by atoms with Crippen LogP contribution in [0, 0.1) is 5.82 Å². The van der Waals surface area contributed by atoms with Crippen LogP contribution in [0.15, 0.2) is 53.9 Å². The number of aromatic nitrogens is 1. The van der Waals surface area contributed by atoms with Crippen LogP contribution in [0.5, 0.6) is 5.75 Å². The van der Waals surface area contributed by atoms with Crippen molar-refractivity contribution in [2.45, 2.75) is 0 Å². The summed E-state index contributed by atoms with van der Waals surface area (Å²) in [6.45, 7) is 0. The van der Waals surface area contributed by atoms with Crippen LogP contribution in [0.3, 0.4) is 0 Å². The summed E-state index contributed by atoms with van der Waals surface area (Å²) in [5.74, 6) is -0.498. The molecule has 0 aliphatic rings. The minimum atomic E-state index is -0.451. The number of ether oxygens (including phenoxy) is 1. The molecular weight excluding hydrogens is 315 g/mol. The van der Waals surface area contributed by atoms with Crippen LogP contribution in [-0.2, 0) is 0 Å². The molecule has 2 aromatic carbocycles. The zero-order valence-electron chi connectivity index (χ0n) is 12.2. The van der Waals surface area contributed by atoms with Gasteiger partial charge in [0, 0.05) is 16.5 Å². The minimum absolute atomic E-state index is 0.182. The number of anilines is 1. The Morgan fingerprint density at radius 2 is 2.00 bits per heavy atom. The van der Waals surface area contributed by atoms with E-state index in [1.807, 2.05) is 6.07 Å². The van der Waals surface area contributed by atoms with Crippen molar-refractivity contribution in [3.05, 3.63) is 65.3 Å². The maximum atomic E-state index is 13.8. The van der Waals surface area contributed by atoms with Gasteiger partial charge in [0.2, 0.25) is 0 Å². The van der Waals surface area contributed by atoms with Gasteiger partial charge in [-0.05, 0) is 30.3 Å². The lowest BCUT2D eigenvalue weighted by atomic mass is 10.1. The first kappa shape index (κ1) is 15.2. The molecule has 0 spiro atoms. The van der Waals surface area contributed by atoms with Gasteiger partial charge in [0.1, 0.15) is 0 Å². The van der Waals surface area contributed by atoms with Crippen molar-refractivity contribution >= 4 is 22.4 Å². The lowest BCUT2D eigenvalue weighted by molar-refractivity contribution is 0.102. The number of halogens is 1. The van der Waals surface area contributed by atoms with Crippen LogP contribution in [0.1, 0.15) is 10.4 Å². The van der Waals surface area contributed by atoms with E-state index >= 15 is 0 Å². The van der Waals surface area contributed by atoms with Crippen molar-refractivity contribution in [3.8, 4) is 17.0 Å². The van der Waals surface area contributed by atoms with Crippen LogP contribution >= 0.6 is 11.3 Å². The molecule has 0 fully saturated rings. The van der Waals surface area contributed by atoms with Gasteiger partial charge < -0.3 is 4.74 Å². The van der Waals surface area contributed by atoms with E-state index in [4.69, 9.17) is 4.74 Å². The smallest absolute Gasteiger partial charge is 0.257 e. The van der Waals surface area contributed by atoms with E-state index in [0.29, 0.717) is 22.0 Å². The molecule has 0 atom stereocenters. The summed E-state index contributed by atoms with van der Waals surface area (Å²) < 4.78 is 18.6. The van der Waals surface area contributed by atoms with E-state index in [1.54, 1.807) is 41.8 Å². The van der Waals surface area contributed by atoms with Crippen molar-refractivity contribution in [2.75, 3.05) is 12.4 Å². The van der Waals surface area contributed by atoms with Crippen molar-refractivity contribution < 1.29 is 13.9 Å². The summed E-state index contributed by atoms with van der Waals surface area (Å²) in [5, 5.41) is 4.96. The van der Waals surface area contributed by atoms with Gasteiger partial charge in [-0.15, -0.1) is 11.3 Å². The van der Waals surface area contributed by atoms with Crippen molar-refractivity contribution in [1.29, 1.82) is 0 Å². The standard InChI is InChI=1S/C17H13FN2O2S/c1-22-15-8-7-12(9-13(15)18)14-10-23-17(19-14)20-16(21)11-5-3-2-4-6-11/h2-10H,1H3,(H,19,20,21). The van der Waals surface area contributed by atoms with E-state index in [0.717, 1.165) is 0 Å². The third kappa shape index (κ3) is 3.37. The second-order valence-corrected chi connectivity index (χ2v) is 5.57. The third-order valence-corrected chi connectivity index (χ3v) is 3.97. The van der Waals surface area contributed by atoms with Crippen LogP contribution in [0.2, 0.25) is 0 Å². The lowest BCUT2D eigenvalue weighted by Crippen LogP contribution is -2.11. The van der Waals surface area contributed by atoms with Crippen LogP contribution in [-0.4, -0.2) is 18.0 Å². The van der Waals surface area contributed by atoms with Crippen molar-refractivity contribution in [1.82, 2.24) is 4.98 Å². The Balaban J connectivity index is 1.78. The highest BCUT2D eigenvalue weighted by Gasteiger charge is 2.11. The number of thiazole rings is 1. The summed E-state index contributed by atoms with van der Waals surface area (Å²) in [5.41, 5.74) is 1.78. The van der Waals surface area contributed by atoms with Gasteiger partial charge in [-0.3, -0.25) is 10.1 Å². The number of benzene rings is 2. The number of nitrogens with zero attached hydrogens (tertiary/aromatic N) is 1. The highest BCUT2D eigenvalue weighted by molar-refractivity contribution is 7.14. The molecule has 1 amide bonds. The fourth-order valence-corrected chi connectivity index (χ4v) is 2.76. The Morgan fingerprint density at radius 3 is 2.70 bits per heavy atom. The Bertz CT molecular complexity index is 834. The summed E-state index contributed by atoms with van der Waals surface area (Å²) in [6.07, 6.45) is 0. The first-order valence-electron chi connectivity index (χ1n) is 6.83. The number of hydrogen-bond donors (Lipinski definition) is 1. The quantitative estimate of drug-likeness (QED) is 0.780. The van der Waals surface area contributed by atoms with Crippen molar-refractivity contribution in [3.63, 3.8) is 0 Å². The molecule has 3 rings (SSSR count). The van der Waals surface area contributed by atoms with Gasteiger partial charge in [0.25, 0.3) is 5.91 Å². The summed E-state index contributed by atoms with van der Waals surface area (Å²) in [6, 6.07) is 13.5. The lowest BCUT2D eigenvalue weighted by Gasteiger charge is -2.03. The SMILES string of the molecule is COc1ccc(-c2csc(NC(=O)c3ccccc3)n2)cc1F. The molecule has 0 saturated heterocycles. The summed E-state index contributed by atoms with van der Waals surface area (Å²) in [4.78, 5) is 16.4. The molecule has 0 bridgehead atoms. The number of carbonyl (C=O) groups is 1. The van der Waals surface area contributed by atoms with E-state index in [9.17, 15) is 9.18 Å². The maximum absolute atomic E-state index is 13.8. The molecule has 23 heavy (non-hydrogen) atoms. The summed E-state index contributed by atoms with van der Waals surface area (Å²) >= 11 is 1.29. The predicted molar refractivity (Wildman–Crippen MR) is 88.5 cm³/mol. The predicted octanol–water partition coefficient (Wildman–Crippen LogP) is 4.21. The number of hydrogen-bond acceptors (Lipinski definition) is 4. The summed E-state index contributed by atoms with van der Waals surface area (Å²) in [7, 11) is 1.41. The molecule has 1 N–H and O–H groups in total. The topological polar surface area (TPSA) is 51.2 Å². The van der Waals surface area contributed by atoms with Gasteiger partial charge >= 0.3 is 0 Å². The van der Waals surface area contributed by atoms with Gasteiger partial charge in [-0.25, -0.2) is 9.37 Å². The Morgan fingerprint density at radius 1 is 1.22 bits per heavy atom. The van der Waals surface area contributed by atoms with Gasteiger partial charge in [-0.2, -0.15) is 0 Å². The van der Waals surface area contributed by atoms with Crippen LogP contribution in [0.25, 0.3) is 11.3 Å². The average molecular weight is 328 g/mol. The number of rotatable bonds is 4. The zero-order chi connectivity index (χ0) is 16.2. The highest BCUT2D eigenvalue weighted by Crippen LogP contribution is 2.28. The second kappa shape index (κ2) is 6.58. The molecular formula is C17H13FN2O2S. The monoisotopic (exact) mass is 328 g/mol. The van der Waals surface area contributed by atoms with Gasteiger partial charge in [0.05, 0.1) is 12.8 Å². The van der Waals surface area contributed by atoms with Crippen molar-refractivity contribution in [2.24, 2.45) is 0 Å². The molecule has 1 aromatic heterocycles. The molecule has 116 valence electrons. The molecule has 0 aliphatic carbocycles. The molecule has 0 saturated carbocycles. The van der Waals surface area contributed by atoms with Gasteiger partial charge in [0.15, 0.2) is 16.7 Å². The Kier molecular flexibility index (Phi) is 4.34. The van der Waals surface area contributed by atoms with Gasteiger partial charge in [-0.1, -0.05) is 18.2 Å². The first-order chi connectivity index (χ1) is 11.2. The molecule has 0 radical (unpaired) electrons. The number of carbonyl (C=O) groups excluding carboxylic acids is 1. The number of methoxy groups -OCH3 is 1. The van der Waals surface area contributed by atoms with Crippen LogP contribution in [0.4, 0.5) is 9.52 Å². The third-order valence-electron chi connectivity index (χ3n) is 3.21. The molecule has 6 heteroatoms. The molecule has 4 nitrogen and oxygen atoms in total. The van der Waals surface area contributed by atoms with E-state index in [2.05, 4.69) is 10.3 Å². The fraction of sp³-hybridized carbons (Fsp3) is 0.0588. The highest BCUT2D eigenvalue weighted by atomic mass is 32.1. The maximum Gasteiger partial charge on any atom is 0.257 e. The zero-order valence-corrected chi connectivity index (χ0v) is 13.1. The first-order valence-corrected chi connectivity index (χ1v) is 7.71. The molecule has 0 unspecified atom stereocenters. The van der Waals surface area contributed by atoms with E-state index in [1.165, 1.54) is 24.5 Å². The van der Waals surface area contributed by atoms with E-state index in [-0.39, 0.29) is 11.7 Å². The molecule has 3 aromatic rings. The number of nitrogens with one attached hydrogen (secondary N) is 1. The fourth-order valence-electron chi connectivity index (χ4n) is 2.05. The molecule has 1 heterocycles.